The number of fused-ring (bicyclic) bond motifs is 2. The molecule has 3 aliphatic rings. The molecule has 0 saturated carbocycles. The van der Waals surface area contributed by atoms with Gasteiger partial charge in [0.2, 0.25) is 0 Å². The zero-order valence-corrected chi connectivity index (χ0v) is 8.12. The monoisotopic (exact) mass is 181 g/mol. The molecule has 0 N–H and O–H groups in total. The lowest BCUT2D eigenvalue weighted by Crippen LogP contribution is -2.52. The second-order valence-electron chi connectivity index (χ2n) is 4.22. The number of nitrogens with zero attached hydrogens (tertiary/aromatic N) is 1. The maximum absolute atomic E-state index is 11.4. The fraction of sp³-hybridized carbons (Fsp3) is 0.700. The van der Waals surface area contributed by atoms with Crippen LogP contribution in [0.5, 0.6) is 0 Å². The number of hydrogen-bond acceptors (Lipinski definition) is 2. The van der Waals surface area contributed by atoms with Gasteiger partial charge in [-0.2, -0.15) is 0 Å². The summed E-state index contributed by atoms with van der Waals surface area (Å²) in [6.45, 7) is 3.00. The van der Waals surface area contributed by atoms with Crippen LogP contribution in [0.2, 0.25) is 0 Å². The predicted octanol–water partition coefficient (Wildman–Crippen LogP) is 1.79. The summed E-state index contributed by atoms with van der Waals surface area (Å²) >= 11 is 0. The van der Waals surface area contributed by atoms with Gasteiger partial charge in [0, 0.05) is 12.0 Å². The first-order valence-corrected chi connectivity index (χ1v) is 4.69. The molecule has 0 aromatic rings. The van der Waals surface area contributed by atoms with E-state index in [9.17, 15) is 4.79 Å². The molecular formula is C10H15NO2. The van der Waals surface area contributed by atoms with E-state index in [2.05, 4.69) is 19.1 Å². The Kier molecular flexibility index (Phi) is 1.82. The van der Waals surface area contributed by atoms with Crippen LogP contribution >= 0.6 is 0 Å². The number of piperidine rings is 1. The molecule has 3 rings (SSSR count). The standard InChI is InChI=1S/C10H15NO2/c1-10-5-3-8(4-6-10)11(7-10)9(12)13-2/h3,5,8H,4,6-7H2,1-2H3. The van der Waals surface area contributed by atoms with Crippen molar-refractivity contribution >= 4 is 6.09 Å². The lowest BCUT2D eigenvalue weighted by molar-refractivity contribution is 0.0620. The third kappa shape index (κ3) is 1.32. The van der Waals surface area contributed by atoms with Crippen molar-refractivity contribution in [3.05, 3.63) is 12.2 Å². The number of carbonyl (C=O) groups excluding carboxylic acids is 1. The van der Waals surface area contributed by atoms with Crippen molar-refractivity contribution < 1.29 is 9.53 Å². The van der Waals surface area contributed by atoms with Gasteiger partial charge in [0.05, 0.1) is 13.2 Å². The number of hydrogen-bond donors (Lipinski definition) is 0. The highest BCUT2D eigenvalue weighted by Gasteiger charge is 2.40. The minimum atomic E-state index is -0.194. The molecular weight excluding hydrogens is 166 g/mol. The highest BCUT2D eigenvalue weighted by Crippen LogP contribution is 2.39. The van der Waals surface area contributed by atoms with Crippen LogP contribution in [0.15, 0.2) is 12.2 Å². The molecule has 3 nitrogen and oxygen atoms in total. The molecule has 2 bridgehead atoms. The smallest absolute Gasteiger partial charge is 0.410 e. The Labute approximate surface area is 78.4 Å². The molecule has 72 valence electrons. The molecule has 0 spiro atoms. The second kappa shape index (κ2) is 2.76. The van der Waals surface area contributed by atoms with Gasteiger partial charge in [-0.25, -0.2) is 4.79 Å². The van der Waals surface area contributed by atoms with Gasteiger partial charge in [-0.15, -0.1) is 0 Å². The van der Waals surface area contributed by atoms with Crippen LogP contribution in [0.1, 0.15) is 19.8 Å². The van der Waals surface area contributed by atoms with E-state index >= 15 is 0 Å². The Balaban J connectivity index is 2.19. The molecule has 0 aromatic heterocycles. The highest BCUT2D eigenvalue weighted by atomic mass is 16.5. The van der Waals surface area contributed by atoms with Crippen molar-refractivity contribution in [3.63, 3.8) is 0 Å². The summed E-state index contributed by atoms with van der Waals surface area (Å²) < 4.78 is 4.74. The molecule has 2 atom stereocenters. The van der Waals surface area contributed by atoms with E-state index in [-0.39, 0.29) is 17.6 Å². The maximum atomic E-state index is 11.4. The number of ether oxygens (including phenoxy) is 1. The third-order valence-electron chi connectivity index (χ3n) is 3.07. The number of amides is 1. The van der Waals surface area contributed by atoms with Crippen LogP contribution in [0.25, 0.3) is 0 Å². The van der Waals surface area contributed by atoms with Crippen LogP contribution in [-0.4, -0.2) is 30.7 Å². The molecule has 1 amide bonds. The van der Waals surface area contributed by atoms with Gasteiger partial charge in [0.25, 0.3) is 0 Å². The maximum Gasteiger partial charge on any atom is 0.410 e. The Hall–Kier alpha value is -0.990. The molecule has 2 aliphatic heterocycles. The number of carbonyl (C=O) groups is 1. The minimum Gasteiger partial charge on any atom is -0.453 e. The molecule has 3 heteroatoms. The van der Waals surface area contributed by atoms with E-state index in [1.807, 2.05) is 4.90 Å². The van der Waals surface area contributed by atoms with Crippen molar-refractivity contribution in [2.75, 3.05) is 13.7 Å². The summed E-state index contributed by atoms with van der Waals surface area (Å²) in [5.74, 6) is 0. The topological polar surface area (TPSA) is 29.5 Å². The zero-order valence-electron chi connectivity index (χ0n) is 8.12. The SMILES string of the molecule is COC(=O)N1CC2(C)C=CC1CC2. The quantitative estimate of drug-likeness (QED) is 0.533. The predicted molar refractivity (Wildman–Crippen MR) is 49.4 cm³/mol. The first-order valence-electron chi connectivity index (χ1n) is 4.69. The van der Waals surface area contributed by atoms with Crippen LogP contribution in [0, 0.1) is 5.41 Å². The summed E-state index contributed by atoms with van der Waals surface area (Å²) in [4.78, 5) is 13.2. The van der Waals surface area contributed by atoms with Gasteiger partial charge in [-0.05, 0) is 12.8 Å². The number of rotatable bonds is 0. The zero-order chi connectivity index (χ0) is 9.47. The van der Waals surface area contributed by atoms with Crippen molar-refractivity contribution in [1.82, 2.24) is 4.90 Å². The molecule has 2 unspecified atom stereocenters. The normalized spacial score (nSPS) is 36.5. The van der Waals surface area contributed by atoms with Crippen LogP contribution in [-0.2, 0) is 4.74 Å². The lowest BCUT2D eigenvalue weighted by Gasteiger charge is -2.46. The molecule has 13 heavy (non-hydrogen) atoms. The minimum absolute atomic E-state index is 0.183. The van der Waals surface area contributed by atoms with Gasteiger partial charge in [0.1, 0.15) is 0 Å². The Morgan fingerprint density at radius 2 is 2.46 bits per heavy atom. The first kappa shape index (κ1) is 8.60. The van der Waals surface area contributed by atoms with E-state index in [0.29, 0.717) is 0 Å². The fourth-order valence-electron chi connectivity index (χ4n) is 2.22. The van der Waals surface area contributed by atoms with Crippen molar-refractivity contribution in [3.8, 4) is 0 Å². The lowest BCUT2D eigenvalue weighted by atomic mass is 9.74. The first-order chi connectivity index (χ1) is 6.14. The van der Waals surface area contributed by atoms with Crippen molar-refractivity contribution in [1.29, 1.82) is 0 Å². The molecule has 2 heterocycles. The molecule has 0 radical (unpaired) electrons. The summed E-state index contributed by atoms with van der Waals surface area (Å²) in [6.07, 6.45) is 6.43. The van der Waals surface area contributed by atoms with E-state index in [4.69, 9.17) is 4.74 Å². The molecule has 1 saturated heterocycles. The summed E-state index contributed by atoms with van der Waals surface area (Å²) in [5.41, 5.74) is 0.183. The van der Waals surface area contributed by atoms with Gasteiger partial charge >= 0.3 is 6.09 Å². The van der Waals surface area contributed by atoms with E-state index in [1.165, 1.54) is 13.5 Å². The summed E-state index contributed by atoms with van der Waals surface area (Å²) in [6, 6.07) is 0.272. The summed E-state index contributed by atoms with van der Waals surface area (Å²) in [5, 5.41) is 0. The molecule has 0 aromatic carbocycles. The second-order valence-corrected chi connectivity index (χ2v) is 4.22. The Morgan fingerprint density at radius 1 is 1.69 bits per heavy atom. The van der Waals surface area contributed by atoms with Gasteiger partial charge in [-0.1, -0.05) is 19.1 Å². The van der Waals surface area contributed by atoms with E-state index in [1.54, 1.807) is 0 Å². The summed E-state index contributed by atoms with van der Waals surface area (Å²) in [7, 11) is 1.44. The molecule has 1 aliphatic carbocycles. The van der Waals surface area contributed by atoms with E-state index in [0.717, 1.165) is 13.0 Å². The van der Waals surface area contributed by atoms with Crippen LogP contribution in [0.4, 0.5) is 4.79 Å². The fourth-order valence-corrected chi connectivity index (χ4v) is 2.22. The number of methoxy groups -OCH3 is 1. The highest BCUT2D eigenvalue weighted by molar-refractivity contribution is 5.69. The van der Waals surface area contributed by atoms with Crippen molar-refractivity contribution in [2.24, 2.45) is 5.41 Å². The van der Waals surface area contributed by atoms with Gasteiger partial charge < -0.3 is 9.64 Å². The van der Waals surface area contributed by atoms with Crippen LogP contribution < -0.4 is 0 Å². The third-order valence-corrected chi connectivity index (χ3v) is 3.07. The van der Waals surface area contributed by atoms with Gasteiger partial charge in [0.15, 0.2) is 0 Å². The Morgan fingerprint density at radius 3 is 2.92 bits per heavy atom. The Bertz CT molecular complexity index is 262. The van der Waals surface area contributed by atoms with Crippen molar-refractivity contribution in [2.45, 2.75) is 25.8 Å². The van der Waals surface area contributed by atoms with E-state index < -0.39 is 0 Å². The van der Waals surface area contributed by atoms with Crippen LogP contribution in [0.3, 0.4) is 0 Å². The van der Waals surface area contributed by atoms with Gasteiger partial charge in [-0.3, -0.25) is 0 Å². The molecule has 1 fully saturated rings. The average Bonchev–Trinajstić information content (AvgIpc) is 2.16. The largest absolute Gasteiger partial charge is 0.453 e. The average molecular weight is 181 g/mol.